The van der Waals surface area contributed by atoms with Gasteiger partial charge in [0.05, 0.1) is 37.3 Å². The molecule has 0 fully saturated rings. The molecule has 0 atom stereocenters. The third-order valence-electron chi connectivity index (χ3n) is 3.81. The number of carbonyl (C=O) groups excluding carboxylic acids is 2. The van der Waals surface area contributed by atoms with E-state index in [9.17, 15) is 9.59 Å². The molecule has 5 nitrogen and oxygen atoms in total. The van der Waals surface area contributed by atoms with Gasteiger partial charge >= 0.3 is 5.97 Å². The molecular formula is C20H16ClNO4. The second-order valence-corrected chi connectivity index (χ2v) is 6.06. The van der Waals surface area contributed by atoms with Crippen molar-refractivity contribution in [2.45, 2.75) is 6.42 Å². The Hall–Kier alpha value is -3.05. The van der Waals surface area contributed by atoms with Crippen LogP contribution in [0.4, 0.5) is 5.69 Å². The average molecular weight is 370 g/mol. The molecule has 6 heteroatoms. The molecule has 1 aromatic heterocycles. The summed E-state index contributed by atoms with van der Waals surface area (Å²) >= 11 is 5.92. The normalized spacial score (nSPS) is 10.4. The Morgan fingerprint density at radius 1 is 1.12 bits per heavy atom. The molecule has 1 N–H and O–H groups in total. The van der Waals surface area contributed by atoms with Crippen molar-refractivity contribution in [1.82, 2.24) is 0 Å². The maximum Gasteiger partial charge on any atom is 0.340 e. The third-order valence-corrected chi connectivity index (χ3v) is 4.04. The summed E-state index contributed by atoms with van der Waals surface area (Å²) in [7, 11) is 1.27. The van der Waals surface area contributed by atoms with E-state index in [2.05, 4.69) is 5.32 Å². The number of furan rings is 1. The smallest absolute Gasteiger partial charge is 0.340 e. The van der Waals surface area contributed by atoms with Crippen LogP contribution in [-0.2, 0) is 16.0 Å². The van der Waals surface area contributed by atoms with E-state index in [4.69, 9.17) is 20.8 Å². The summed E-state index contributed by atoms with van der Waals surface area (Å²) in [5.74, 6) is -0.813. The molecule has 1 amide bonds. The summed E-state index contributed by atoms with van der Waals surface area (Å²) in [6.07, 6.45) is 3.41. The van der Waals surface area contributed by atoms with Crippen molar-refractivity contribution in [3.63, 3.8) is 0 Å². The van der Waals surface area contributed by atoms with Crippen LogP contribution in [0.2, 0.25) is 5.02 Å². The van der Waals surface area contributed by atoms with Crippen LogP contribution in [0.1, 0.15) is 15.9 Å². The Morgan fingerprint density at radius 3 is 2.69 bits per heavy atom. The Labute approximate surface area is 155 Å². The van der Waals surface area contributed by atoms with Gasteiger partial charge in [-0.15, -0.1) is 0 Å². The van der Waals surface area contributed by atoms with E-state index in [0.29, 0.717) is 10.7 Å². The van der Waals surface area contributed by atoms with Crippen LogP contribution in [0.5, 0.6) is 0 Å². The van der Waals surface area contributed by atoms with Crippen LogP contribution in [0, 0.1) is 0 Å². The highest BCUT2D eigenvalue weighted by molar-refractivity contribution is 6.31. The molecule has 0 aliphatic rings. The highest BCUT2D eigenvalue weighted by Gasteiger charge is 2.15. The van der Waals surface area contributed by atoms with E-state index in [-0.39, 0.29) is 17.9 Å². The molecule has 1 heterocycles. The average Bonchev–Trinajstić information content (AvgIpc) is 3.17. The number of methoxy groups -OCH3 is 1. The minimum atomic E-state index is -0.565. The van der Waals surface area contributed by atoms with Gasteiger partial charge in [-0.1, -0.05) is 35.9 Å². The Bertz CT molecular complexity index is 935. The lowest BCUT2D eigenvalue weighted by Crippen LogP contribution is -2.17. The fourth-order valence-electron chi connectivity index (χ4n) is 2.57. The molecule has 0 radical (unpaired) electrons. The van der Waals surface area contributed by atoms with Crippen molar-refractivity contribution in [1.29, 1.82) is 0 Å². The van der Waals surface area contributed by atoms with Gasteiger partial charge in [-0.3, -0.25) is 4.79 Å². The van der Waals surface area contributed by atoms with Gasteiger partial charge < -0.3 is 14.5 Å². The van der Waals surface area contributed by atoms with Crippen LogP contribution < -0.4 is 5.32 Å². The van der Waals surface area contributed by atoms with E-state index in [0.717, 1.165) is 16.7 Å². The minimum absolute atomic E-state index is 0.162. The van der Waals surface area contributed by atoms with Crippen molar-refractivity contribution in [2.75, 3.05) is 12.4 Å². The van der Waals surface area contributed by atoms with Crippen molar-refractivity contribution in [3.8, 4) is 11.1 Å². The maximum atomic E-state index is 12.4. The lowest BCUT2D eigenvalue weighted by molar-refractivity contribution is -0.115. The number of benzene rings is 2. The zero-order valence-electron chi connectivity index (χ0n) is 14.0. The third kappa shape index (κ3) is 4.13. The Balaban J connectivity index is 1.76. The van der Waals surface area contributed by atoms with E-state index in [1.165, 1.54) is 13.2 Å². The number of amides is 1. The summed E-state index contributed by atoms with van der Waals surface area (Å²) < 4.78 is 9.82. The van der Waals surface area contributed by atoms with Crippen LogP contribution in [0.15, 0.2) is 65.5 Å². The molecule has 3 aromatic rings. The Morgan fingerprint density at radius 2 is 1.96 bits per heavy atom. The van der Waals surface area contributed by atoms with Gasteiger partial charge in [0.2, 0.25) is 5.91 Å². The molecule has 132 valence electrons. The molecule has 0 bridgehead atoms. The predicted octanol–water partition coefficient (Wildman–Crippen LogP) is 4.57. The van der Waals surface area contributed by atoms with E-state index >= 15 is 0 Å². The molecule has 0 aliphatic heterocycles. The SMILES string of the molecule is COC(=O)c1cc(Cl)ccc1NC(=O)Cc1cccc(-c2ccoc2)c1. The van der Waals surface area contributed by atoms with Gasteiger partial charge in [0.1, 0.15) is 0 Å². The summed E-state index contributed by atoms with van der Waals surface area (Å²) in [6, 6.07) is 14.1. The first-order valence-electron chi connectivity index (χ1n) is 7.86. The highest BCUT2D eigenvalue weighted by Crippen LogP contribution is 2.23. The van der Waals surface area contributed by atoms with Gasteiger partial charge in [-0.05, 0) is 35.4 Å². The van der Waals surface area contributed by atoms with Crippen molar-refractivity contribution >= 4 is 29.2 Å². The molecule has 0 aliphatic carbocycles. The standard InChI is InChI=1S/C20H16ClNO4/c1-25-20(24)17-11-16(21)5-6-18(17)22-19(23)10-13-3-2-4-14(9-13)15-7-8-26-12-15/h2-9,11-12H,10H2,1H3,(H,22,23). The van der Waals surface area contributed by atoms with Crippen LogP contribution in [0.25, 0.3) is 11.1 Å². The van der Waals surface area contributed by atoms with Gasteiger partial charge in [0.25, 0.3) is 0 Å². The monoisotopic (exact) mass is 369 g/mol. The summed E-state index contributed by atoms with van der Waals surface area (Å²) in [4.78, 5) is 24.3. The number of nitrogens with one attached hydrogen (secondary N) is 1. The summed E-state index contributed by atoms with van der Waals surface area (Å²) in [5.41, 5.74) is 3.32. The second kappa shape index (κ2) is 7.89. The van der Waals surface area contributed by atoms with Gasteiger partial charge in [0, 0.05) is 10.6 Å². The largest absolute Gasteiger partial charge is 0.472 e. The first-order chi connectivity index (χ1) is 12.6. The molecule has 0 unspecified atom stereocenters. The topological polar surface area (TPSA) is 68.5 Å². The fraction of sp³-hybridized carbons (Fsp3) is 0.100. The lowest BCUT2D eigenvalue weighted by atomic mass is 10.0. The van der Waals surface area contributed by atoms with E-state index in [1.807, 2.05) is 30.3 Å². The van der Waals surface area contributed by atoms with E-state index in [1.54, 1.807) is 24.7 Å². The summed E-state index contributed by atoms with van der Waals surface area (Å²) in [6.45, 7) is 0. The van der Waals surface area contributed by atoms with Crippen LogP contribution in [-0.4, -0.2) is 19.0 Å². The molecule has 2 aromatic carbocycles. The molecular weight excluding hydrogens is 354 g/mol. The quantitative estimate of drug-likeness (QED) is 0.669. The highest BCUT2D eigenvalue weighted by atomic mass is 35.5. The number of esters is 1. The van der Waals surface area contributed by atoms with Gasteiger partial charge in [-0.2, -0.15) is 0 Å². The predicted molar refractivity (Wildman–Crippen MR) is 99.3 cm³/mol. The number of carbonyl (C=O) groups is 2. The number of anilines is 1. The number of hydrogen-bond acceptors (Lipinski definition) is 4. The van der Waals surface area contributed by atoms with Crippen LogP contribution in [0.3, 0.4) is 0 Å². The fourth-order valence-corrected chi connectivity index (χ4v) is 2.75. The zero-order valence-corrected chi connectivity index (χ0v) is 14.7. The number of hydrogen-bond donors (Lipinski definition) is 1. The lowest BCUT2D eigenvalue weighted by Gasteiger charge is -2.10. The van der Waals surface area contributed by atoms with Crippen molar-refractivity contribution < 1.29 is 18.7 Å². The number of halogens is 1. The molecule has 0 saturated heterocycles. The summed E-state index contributed by atoms with van der Waals surface area (Å²) in [5, 5.41) is 3.12. The van der Waals surface area contributed by atoms with E-state index < -0.39 is 5.97 Å². The molecule has 0 saturated carbocycles. The first kappa shape index (κ1) is 17.8. The maximum absolute atomic E-state index is 12.4. The zero-order chi connectivity index (χ0) is 18.5. The van der Waals surface area contributed by atoms with Gasteiger partial charge in [-0.25, -0.2) is 4.79 Å². The second-order valence-electron chi connectivity index (χ2n) is 5.62. The molecule has 0 spiro atoms. The van der Waals surface area contributed by atoms with Crippen molar-refractivity contribution in [2.24, 2.45) is 0 Å². The first-order valence-corrected chi connectivity index (χ1v) is 8.24. The molecule has 26 heavy (non-hydrogen) atoms. The van der Waals surface area contributed by atoms with Gasteiger partial charge in [0.15, 0.2) is 0 Å². The number of rotatable bonds is 5. The van der Waals surface area contributed by atoms with Crippen molar-refractivity contribution in [3.05, 3.63) is 77.2 Å². The molecule has 3 rings (SSSR count). The number of ether oxygens (including phenoxy) is 1. The minimum Gasteiger partial charge on any atom is -0.472 e. The Kier molecular flexibility index (Phi) is 5.39. The van der Waals surface area contributed by atoms with Crippen LogP contribution >= 0.6 is 11.6 Å².